The Morgan fingerprint density at radius 1 is 1.07 bits per heavy atom. The normalized spacial score (nSPS) is 13.6. The van der Waals surface area contributed by atoms with Gasteiger partial charge in [-0.25, -0.2) is 9.18 Å². The van der Waals surface area contributed by atoms with E-state index in [4.69, 9.17) is 4.74 Å². The molecule has 7 heteroatoms. The summed E-state index contributed by atoms with van der Waals surface area (Å²) in [5, 5.41) is 5.57. The Bertz CT molecular complexity index is 892. The Morgan fingerprint density at radius 3 is 2.39 bits per heavy atom. The van der Waals surface area contributed by atoms with Crippen molar-refractivity contribution in [2.75, 3.05) is 30.8 Å². The van der Waals surface area contributed by atoms with E-state index in [0.717, 1.165) is 25.9 Å². The van der Waals surface area contributed by atoms with Crippen molar-refractivity contribution in [3.05, 3.63) is 59.9 Å². The van der Waals surface area contributed by atoms with Gasteiger partial charge in [0.2, 0.25) is 5.91 Å². The van der Waals surface area contributed by atoms with Gasteiger partial charge in [-0.2, -0.15) is 0 Å². The van der Waals surface area contributed by atoms with E-state index in [9.17, 15) is 14.0 Å². The number of rotatable bonds is 5. The minimum atomic E-state index is -0.500. The summed E-state index contributed by atoms with van der Waals surface area (Å²) in [5.41, 5.74) is 1.55. The quantitative estimate of drug-likeness (QED) is 0.763. The fraction of sp³-hybridized carbons (Fsp3) is 0.238. The van der Waals surface area contributed by atoms with Crippen LogP contribution >= 0.6 is 0 Å². The lowest BCUT2D eigenvalue weighted by Gasteiger charge is -2.18. The molecule has 0 aromatic heterocycles. The van der Waals surface area contributed by atoms with Crippen molar-refractivity contribution >= 4 is 29.4 Å². The Balaban J connectivity index is 1.65. The van der Waals surface area contributed by atoms with Crippen LogP contribution in [0.25, 0.3) is 6.08 Å². The molecule has 0 aliphatic carbocycles. The van der Waals surface area contributed by atoms with E-state index < -0.39 is 5.82 Å². The summed E-state index contributed by atoms with van der Waals surface area (Å²) in [6.07, 6.45) is 4.81. The van der Waals surface area contributed by atoms with Crippen molar-refractivity contribution in [2.24, 2.45) is 0 Å². The molecule has 28 heavy (non-hydrogen) atoms. The molecule has 3 rings (SSSR count). The molecule has 0 saturated carbocycles. The molecule has 1 aliphatic rings. The van der Waals surface area contributed by atoms with Crippen LogP contribution in [0, 0.1) is 5.82 Å². The van der Waals surface area contributed by atoms with Crippen LogP contribution in [0.5, 0.6) is 5.75 Å². The first kappa shape index (κ1) is 19.4. The van der Waals surface area contributed by atoms with E-state index in [1.165, 1.54) is 31.4 Å². The lowest BCUT2D eigenvalue weighted by molar-refractivity contribution is -0.111. The van der Waals surface area contributed by atoms with Gasteiger partial charge >= 0.3 is 6.03 Å². The number of para-hydroxylation sites is 2. The van der Waals surface area contributed by atoms with Gasteiger partial charge in [-0.05, 0) is 48.7 Å². The fourth-order valence-corrected chi connectivity index (χ4v) is 2.95. The Morgan fingerprint density at radius 2 is 1.75 bits per heavy atom. The van der Waals surface area contributed by atoms with Gasteiger partial charge in [0, 0.05) is 19.2 Å². The summed E-state index contributed by atoms with van der Waals surface area (Å²) in [6, 6.07) is 11.2. The van der Waals surface area contributed by atoms with E-state index in [-0.39, 0.29) is 17.7 Å². The van der Waals surface area contributed by atoms with Crippen molar-refractivity contribution in [1.29, 1.82) is 0 Å². The predicted octanol–water partition coefficient (Wildman–Crippen LogP) is 4.11. The maximum Gasteiger partial charge on any atom is 0.321 e. The molecule has 0 unspecified atom stereocenters. The molecular formula is C21H22FN3O3. The maximum atomic E-state index is 13.7. The summed E-state index contributed by atoms with van der Waals surface area (Å²) in [5.74, 6) is -0.747. The standard InChI is InChI=1S/C21H22FN3O3/c1-28-19-10-8-15(14-16(19)22)9-11-20(26)23-17-6-2-3-7-18(17)24-21(27)25-12-4-5-13-25/h2-3,6-11,14H,4-5,12-13H2,1H3,(H,23,26)(H,24,27)/b11-9+. The smallest absolute Gasteiger partial charge is 0.321 e. The molecule has 3 amide bonds. The van der Waals surface area contributed by atoms with Gasteiger partial charge in [0.15, 0.2) is 11.6 Å². The molecule has 146 valence electrons. The predicted molar refractivity (Wildman–Crippen MR) is 107 cm³/mol. The van der Waals surface area contributed by atoms with Crippen LogP contribution in [0.2, 0.25) is 0 Å². The van der Waals surface area contributed by atoms with Crippen molar-refractivity contribution in [1.82, 2.24) is 4.90 Å². The average molecular weight is 383 g/mol. The third-order valence-electron chi connectivity index (χ3n) is 4.42. The second-order valence-corrected chi connectivity index (χ2v) is 6.39. The van der Waals surface area contributed by atoms with Crippen LogP contribution in [0.1, 0.15) is 18.4 Å². The van der Waals surface area contributed by atoms with E-state index in [2.05, 4.69) is 10.6 Å². The number of ether oxygens (including phenoxy) is 1. The molecule has 1 fully saturated rings. The summed E-state index contributed by atoms with van der Waals surface area (Å²) in [4.78, 5) is 26.3. The molecule has 1 heterocycles. The maximum absolute atomic E-state index is 13.7. The number of nitrogens with zero attached hydrogens (tertiary/aromatic N) is 1. The van der Waals surface area contributed by atoms with Crippen molar-refractivity contribution in [3.63, 3.8) is 0 Å². The molecule has 0 bridgehead atoms. The number of likely N-dealkylation sites (tertiary alicyclic amines) is 1. The zero-order valence-corrected chi connectivity index (χ0v) is 15.6. The Labute approximate surface area is 163 Å². The number of amides is 3. The minimum absolute atomic E-state index is 0.143. The number of carbonyl (C=O) groups excluding carboxylic acids is 2. The van der Waals surface area contributed by atoms with Crippen LogP contribution in [0.4, 0.5) is 20.6 Å². The van der Waals surface area contributed by atoms with Gasteiger partial charge in [-0.3, -0.25) is 4.79 Å². The van der Waals surface area contributed by atoms with Gasteiger partial charge in [0.05, 0.1) is 18.5 Å². The molecule has 6 nitrogen and oxygen atoms in total. The summed E-state index contributed by atoms with van der Waals surface area (Å²) in [7, 11) is 1.39. The highest BCUT2D eigenvalue weighted by Crippen LogP contribution is 2.23. The Kier molecular flexibility index (Phi) is 6.26. The van der Waals surface area contributed by atoms with Crippen LogP contribution in [0.15, 0.2) is 48.5 Å². The molecule has 0 atom stereocenters. The number of methoxy groups -OCH3 is 1. The fourth-order valence-electron chi connectivity index (χ4n) is 2.95. The number of carbonyl (C=O) groups is 2. The van der Waals surface area contributed by atoms with Gasteiger partial charge in [-0.1, -0.05) is 18.2 Å². The average Bonchev–Trinajstić information content (AvgIpc) is 3.23. The van der Waals surface area contributed by atoms with E-state index >= 15 is 0 Å². The molecule has 1 saturated heterocycles. The second kappa shape index (κ2) is 9.03. The van der Waals surface area contributed by atoms with Gasteiger partial charge < -0.3 is 20.3 Å². The van der Waals surface area contributed by atoms with Crippen LogP contribution < -0.4 is 15.4 Å². The number of halogens is 1. The van der Waals surface area contributed by atoms with Gasteiger partial charge in [-0.15, -0.1) is 0 Å². The third-order valence-corrected chi connectivity index (χ3v) is 4.42. The summed E-state index contributed by atoms with van der Waals surface area (Å²) >= 11 is 0. The van der Waals surface area contributed by atoms with Crippen LogP contribution in [0.3, 0.4) is 0 Å². The largest absolute Gasteiger partial charge is 0.494 e. The van der Waals surface area contributed by atoms with Crippen molar-refractivity contribution in [2.45, 2.75) is 12.8 Å². The SMILES string of the molecule is COc1ccc(/C=C/C(=O)Nc2ccccc2NC(=O)N2CCCC2)cc1F. The molecule has 1 aliphatic heterocycles. The second-order valence-electron chi connectivity index (χ2n) is 6.39. The first-order valence-electron chi connectivity index (χ1n) is 9.04. The first-order chi connectivity index (χ1) is 13.6. The monoisotopic (exact) mass is 383 g/mol. The van der Waals surface area contributed by atoms with Crippen LogP contribution in [-0.4, -0.2) is 37.0 Å². The lowest BCUT2D eigenvalue weighted by Crippen LogP contribution is -2.32. The Hall–Kier alpha value is -3.35. The van der Waals surface area contributed by atoms with E-state index in [1.54, 1.807) is 35.2 Å². The lowest BCUT2D eigenvalue weighted by atomic mass is 10.2. The van der Waals surface area contributed by atoms with Gasteiger partial charge in [0.25, 0.3) is 0 Å². The van der Waals surface area contributed by atoms with Crippen molar-refractivity contribution < 1.29 is 18.7 Å². The number of benzene rings is 2. The number of hydrogen-bond acceptors (Lipinski definition) is 3. The zero-order valence-electron chi connectivity index (χ0n) is 15.6. The minimum Gasteiger partial charge on any atom is -0.494 e. The van der Waals surface area contributed by atoms with E-state index in [1.807, 2.05) is 0 Å². The third kappa shape index (κ3) is 4.88. The first-order valence-corrected chi connectivity index (χ1v) is 9.04. The van der Waals surface area contributed by atoms with Crippen molar-refractivity contribution in [3.8, 4) is 5.75 Å². The highest BCUT2D eigenvalue weighted by Gasteiger charge is 2.18. The number of urea groups is 1. The highest BCUT2D eigenvalue weighted by atomic mass is 19.1. The van der Waals surface area contributed by atoms with Gasteiger partial charge in [0.1, 0.15) is 0 Å². The molecule has 0 spiro atoms. The topological polar surface area (TPSA) is 70.7 Å². The molecule has 2 N–H and O–H groups in total. The number of nitrogens with one attached hydrogen (secondary N) is 2. The summed E-state index contributed by atoms with van der Waals surface area (Å²) < 4.78 is 18.6. The molecular weight excluding hydrogens is 361 g/mol. The molecule has 2 aromatic carbocycles. The zero-order chi connectivity index (χ0) is 19.9. The van der Waals surface area contributed by atoms with E-state index in [0.29, 0.717) is 16.9 Å². The summed E-state index contributed by atoms with van der Waals surface area (Å²) in [6.45, 7) is 1.48. The van der Waals surface area contributed by atoms with Crippen LogP contribution in [-0.2, 0) is 4.79 Å². The molecule has 0 radical (unpaired) electrons. The molecule has 2 aromatic rings. The highest BCUT2D eigenvalue weighted by molar-refractivity contribution is 6.05. The number of hydrogen-bond donors (Lipinski definition) is 2. The number of anilines is 2.